The molecule has 2 fully saturated rings. The predicted octanol–water partition coefficient (Wildman–Crippen LogP) is -0.0512. The lowest BCUT2D eigenvalue weighted by molar-refractivity contribution is -0.134. The SMILES string of the molecule is CCC1CCCN1C(=O)C1CNCCN1. The van der Waals surface area contributed by atoms with Crippen molar-refractivity contribution in [2.24, 2.45) is 0 Å². The fraction of sp³-hybridized carbons (Fsp3) is 0.909. The van der Waals surface area contributed by atoms with E-state index in [0.29, 0.717) is 11.9 Å². The van der Waals surface area contributed by atoms with E-state index in [4.69, 9.17) is 0 Å². The van der Waals surface area contributed by atoms with E-state index in [1.165, 1.54) is 12.8 Å². The molecule has 2 atom stereocenters. The van der Waals surface area contributed by atoms with Crippen LogP contribution in [0.1, 0.15) is 26.2 Å². The molecule has 2 aliphatic heterocycles. The van der Waals surface area contributed by atoms with Gasteiger partial charge in [-0.1, -0.05) is 6.92 Å². The molecule has 0 spiro atoms. The van der Waals surface area contributed by atoms with Crippen molar-refractivity contribution in [3.63, 3.8) is 0 Å². The molecule has 4 nitrogen and oxygen atoms in total. The van der Waals surface area contributed by atoms with Gasteiger partial charge in [0.05, 0.1) is 6.04 Å². The number of nitrogens with zero attached hydrogens (tertiary/aromatic N) is 1. The first-order valence-corrected chi connectivity index (χ1v) is 6.07. The number of carbonyl (C=O) groups is 1. The molecular formula is C11H21N3O. The predicted molar refractivity (Wildman–Crippen MR) is 59.7 cm³/mol. The molecule has 0 aliphatic carbocycles. The van der Waals surface area contributed by atoms with Crippen molar-refractivity contribution in [3.8, 4) is 0 Å². The minimum Gasteiger partial charge on any atom is -0.338 e. The molecule has 0 radical (unpaired) electrons. The van der Waals surface area contributed by atoms with Crippen molar-refractivity contribution in [2.75, 3.05) is 26.2 Å². The molecule has 2 N–H and O–H groups in total. The highest BCUT2D eigenvalue weighted by Crippen LogP contribution is 2.20. The third-order valence-corrected chi connectivity index (χ3v) is 3.47. The summed E-state index contributed by atoms with van der Waals surface area (Å²) >= 11 is 0. The third-order valence-electron chi connectivity index (χ3n) is 3.47. The Hall–Kier alpha value is -0.610. The molecule has 2 aliphatic rings. The minimum absolute atomic E-state index is 0.00546. The zero-order valence-corrected chi connectivity index (χ0v) is 9.46. The number of likely N-dealkylation sites (tertiary alicyclic amines) is 1. The van der Waals surface area contributed by atoms with E-state index in [2.05, 4.69) is 22.5 Å². The number of hydrogen-bond donors (Lipinski definition) is 2. The fourth-order valence-corrected chi connectivity index (χ4v) is 2.58. The topological polar surface area (TPSA) is 44.4 Å². The van der Waals surface area contributed by atoms with E-state index in [1.807, 2.05) is 0 Å². The van der Waals surface area contributed by atoms with Gasteiger partial charge in [-0.25, -0.2) is 0 Å². The molecule has 0 bridgehead atoms. The molecule has 2 rings (SSSR count). The maximum Gasteiger partial charge on any atom is 0.241 e. The van der Waals surface area contributed by atoms with Crippen LogP contribution in [0.5, 0.6) is 0 Å². The number of hydrogen-bond acceptors (Lipinski definition) is 3. The molecule has 2 unspecified atom stereocenters. The van der Waals surface area contributed by atoms with Crippen LogP contribution in [0.3, 0.4) is 0 Å². The van der Waals surface area contributed by atoms with Crippen molar-refractivity contribution in [2.45, 2.75) is 38.3 Å². The Bertz CT molecular complexity index is 226. The molecule has 86 valence electrons. The maximum atomic E-state index is 12.2. The summed E-state index contributed by atoms with van der Waals surface area (Å²) in [6, 6.07) is 0.493. The van der Waals surface area contributed by atoms with Crippen LogP contribution in [0.4, 0.5) is 0 Å². The first-order chi connectivity index (χ1) is 7.33. The Morgan fingerprint density at radius 2 is 2.33 bits per heavy atom. The van der Waals surface area contributed by atoms with Gasteiger partial charge in [-0.2, -0.15) is 0 Å². The minimum atomic E-state index is 0.00546. The standard InChI is InChI=1S/C11H21N3O/c1-2-9-4-3-7-14(9)11(15)10-8-12-5-6-13-10/h9-10,12-13H,2-8H2,1H3. The van der Waals surface area contributed by atoms with Crippen LogP contribution < -0.4 is 10.6 Å². The van der Waals surface area contributed by atoms with Crippen LogP contribution in [-0.4, -0.2) is 49.1 Å². The number of piperazine rings is 1. The van der Waals surface area contributed by atoms with E-state index in [0.717, 1.165) is 32.6 Å². The molecular weight excluding hydrogens is 190 g/mol. The summed E-state index contributed by atoms with van der Waals surface area (Å²) in [4.78, 5) is 14.3. The lowest BCUT2D eigenvalue weighted by Gasteiger charge is -2.31. The molecule has 0 aromatic carbocycles. The number of amides is 1. The van der Waals surface area contributed by atoms with Crippen LogP contribution >= 0.6 is 0 Å². The van der Waals surface area contributed by atoms with Gasteiger partial charge in [-0.3, -0.25) is 4.79 Å². The summed E-state index contributed by atoms with van der Waals surface area (Å²) in [7, 11) is 0. The van der Waals surface area contributed by atoms with E-state index in [1.54, 1.807) is 0 Å². The Balaban J connectivity index is 1.93. The lowest BCUT2D eigenvalue weighted by Crippen LogP contribution is -2.57. The first kappa shape index (κ1) is 10.9. The monoisotopic (exact) mass is 211 g/mol. The Morgan fingerprint density at radius 1 is 1.47 bits per heavy atom. The van der Waals surface area contributed by atoms with Gasteiger partial charge in [0.2, 0.25) is 5.91 Å². The van der Waals surface area contributed by atoms with Gasteiger partial charge in [0.1, 0.15) is 0 Å². The van der Waals surface area contributed by atoms with Gasteiger partial charge in [0, 0.05) is 32.2 Å². The molecule has 4 heteroatoms. The normalized spacial score (nSPS) is 31.9. The average Bonchev–Trinajstić information content (AvgIpc) is 2.77. The summed E-state index contributed by atoms with van der Waals surface area (Å²) in [5, 5.41) is 6.55. The molecule has 15 heavy (non-hydrogen) atoms. The first-order valence-electron chi connectivity index (χ1n) is 6.07. The van der Waals surface area contributed by atoms with Crippen LogP contribution in [0, 0.1) is 0 Å². The van der Waals surface area contributed by atoms with Crippen LogP contribution in [-0.2, 0) is 4.79 Å². The van der Waals surface area contributed by atoms with Crippen LogP contribution in [0.15, 0.2) is 0 Å². The van der Waals surface area contributed by atoms with Crippen molar-refractivity contribution >= 4 is 5.91 Å². The molecule has 2 saturated heterocycles. The van der Waals surface area contributed by atoms with Crippen molar-refractivity contribution in [1.29, 1.82) is 0 Å². The number of rotatable bonds is 2. The lowest BCUT2D eigenvalue weighted by atomic mass is 10.1. The molecule has 0 aromatic rings. The van der Waals surface area contributed by atoms with Crippen molar-refractivity contribution in [1.82, 2.24) is 15.5 Å². The third kappa shape index (κ3) is 2.32. The second-order valence-corrected chi connectivity index (χ2v) is 4.45. The summed E-state index contributed by atoms with van der Waals surface area (Å²) < 4.78 is 0. The van der Waals surface area contributed by atoms with Crippen molar-refractivity contribution in [3.05, 3.63) is 0 Å². The summed E-state index contributed by atoms with van der Waals surface area (Å²) in [5.41, 5.74) is 0. The van der Waals surface area contributed by atoms with E-state index in [9.17, 15) is 4.79 Å². The molecule has 2 heterocycles. The van der Waals surface area contributed by atoms with Gasteiger partial charge in [-0.05, 0) is 19.3 Å². The Labute approximate surface area is 91.4 Å². The van der Waals surface area contributed by atoms with Gasteiger partial charge in [-0.15, -0.1) is 0 Å². The van der Waals surface area contributed by atoms with Crippen molar-refractivity contribution < 1.29 is 4.79 Å². The average molecular weight is 211 g/mol. The Morgan fingerprint density at radius 3 is 3.00 bits per heavy atom. The van der Waals surface area contributed by atoms with E-state index < -0.39 is 0 Å². The number of nitrogens with one attached hydrogen (secondary N) is 2. The zero-order chi connectivity index (χ0) is 10.7. The van der Waals surface area contributed by atoms with Crippen LogP contribution in [0.25, 0.3) is 0 Å². The van der Waals surface area contributed by atoms with Gasteiger partial charge in [0.15, 0.2) is 0 Å². The zero-order valence-electron chi connectivity index (χ0n) is 9.46. The summed E-state index contributed by atoms with van der Waals surface area (Å²) in [5.74, 6) is 0.298. The number of carbonyl (C=O) groups excluding carboxylic acids is 1. The molecule has 0 aromatic heterocycles. The second kappa shape index (κ2) is 4.94. The summed E-state index contributed by atoms with van der Waals surface area (Å²) in [6.07, 6.45) is 3.44. The highest BCUT2D eigenvalue weighted by molar-refractivity contribution is 5.82. The smallest absolute Gasteiger partial charge is 0.241 e. The van der Waals surface area contributed by atoms with Gasteiger partial charge in [0.25, 0.3) is 0 Å². The second-order valence-electron chi connectivity index (χ2n) is 4.45. The largest absolute Gasteiger partial charge is 0.338 e. The fourth-order valence-electron chi connectivity index (χ4n) is 2.58. The van der Waals surface area contributed by atoms with Gasteiger partial charge < -0.3 is 15.5 Å². The van der Waals surface area contributed by atoms with E-state index in [-0.39, 0.29) is 6.04 Å². The highest BCUT2D eigenvalue weighted by Gasteiger charge is 2.32. The quantitative estimate of drug-likeness (QED) is 0.673. The van der Waals surface area contributed by atoms with Crippen LogP contribution in [0.2, 0.25) is 0 Å². The highest BCUT2D eigenvalue weighted by atomic mass is 16.2. The summed E-state index contributed by atoms with van der Waals surface area (Å²) in [6.45, 7) is 5.78. The van der Waals surface area contributed by atoms with Gasteiger partial charge >= 0.3 is 0 Å². The maximum absolute atomic E-state index is 12.2. The Kier molecular flexibility index (Phi) is 3.59. The van der Waals surface area contributed by atoms with E-state index >= 15 is 0 Å². The molecule has 0 saturated carbocycles. The molecule has 1 amide bonds.